The van der Waals surface area contributed by atoms with Crippen LogP contribution in [0.3, 0.4) is 0 Å². The lowest BCUT2D eigenvalue weighted by Crippen LogP contribution is -2.25. The standard InChI is InChI=1S/C16H16ClN3O2/c1-16(2,3)15(22)13(20-10-18-9-19-20)8-14(21)11-4-6-12(17)7-5-11/h4-10H,1-3H3/b13-8-. The summed E-state index contributed by atoms with van der Waals surface area (Å²) in [6.45, 7) is 5.35. The van der Waals surface area contributed by atoms with Gasteiger partial charge in [-0.3, -0.25) is 9.59 Å². The van der Waals surface area contributed by atoms with Crippen LogP contribution in [0.5, 0.6) is 0 Å². The third-order valence-corrected chi connectivity index (χ3v) is 3.23. The number of halogens is 1. The molecule has 1 aromatic carbocycles. The Morgan fingerprint density at radius 2 is 1.82 bits per heavy atom. The van der Waals surface area contributed by atoms with E-state index in [4.69, 9.17) is 11.6 Å². The normalized spacial score (nSPS) is 12.3. The molecule has 0 fully saturated rings. The molecule has 0 saturated heterocycles. The van der Waals surface area contributed by atoms with E-state index in [-0.39, 0.29) is 17.3 Å². The summed E-state index contributed by atoms with van der Waals surface area (Å²) in [7, 11) is 0. The van der Waals surface area contributed by atoms with Gasteiger partial charge in [0, 0.05) is 22.1 Å². The number of hydrogen-bond acceptors (Lipinski definition) is 4. The van der Waals surface area contributed by atoms with Crippen LogP contribution in [-0.4, -0.2) is 26.3 Å². The maximum Gasteiger partial charge on any atom is 0.188 e. The highest BCUT2D eigenvalue weighted by molar-refractivity contribution is 6.30. The molecule has 0 aliphatic rings. The molecular formula is C16H16ClN3O2. The van der Waals surface area contributed by atoms with Crippen LogP contribution in [0.25, 0.3) is 5.70 Å². The van der Waals surface area contributed by atoms with E-state index in [0.29, 0.717) is 10.6 Å². The van der Waals surface area contributed by atoms with E-state index in [1.54, 1.807) is 45.0 Å². The van der Waals surface area contributed by atoms with Crippen LogP contribution in [0.15, 0.2) is 43.0 Å². The lowest BCUT2D eigenvalue weighted by Gasteiger charge is -2.18. The van der Waals surface area contributed by atoms with E-state index < -0.39 is 5.41 Å². The second-order valence-corrected chi connectivity index (χ2v) is 6.26. The Morgan fingerprint density at radius 1 is 1.18 bits per heavy atom. The number of Topliss-reactive ketones (excluding diaryl/α,β-unsaturated/α-hetero) is 1. The Balaban J connectivity index is 2.43. The van der Waals surface area contributed by atoms with Crippen molar-refractivity contribution in [3.63, 3.8) is 0 Å². The van der Waals surface area contributed by atoms with Gasteiger partial charge >= 0.3 is 0 Å². The second kappa shape index (κ2) is 6.23. The zero-order valence-electron chi connectivity index (χ0n) is 12.6. The van der Waals surface area contributed by atoms with Crippen LogP contribution in [0.2, 0.25) is 5.02 Å². The zero-order chi connectivity index (χ0) is 16.3. The predicted octanol–water partition coefficient (Wildman–Crippen LogP) is 3.27. The molecule has 0 spiro atoms. The molecule has 114 valence electrons. The number of benzene rings is 1. The number of nitrogens with zero attached hydrogens (tertiary/aromatic N) is 3. The van der Waals surface area contributed by atoms with Crippen molar-refractivity contribution < 1.29 is 9.59 Å². The molecule has 2 rings (SSSR count). The fraction of sp³-hybridized carbons (Fsp3) is 0.250. The average Bonchev–Trinajstić information content (AvgIpc) is 2.97. The number of carbonyl (C=O) groups is 2. The van der Waals surface area contributed by atoms with Crippen molar-refractivity contribution in [3.8, 4) is 0 Å². The smallest absolute Gasteiger partial charge is 0.188 e. The van der Waals surface area contributed by atoms with Gasteiger partial charge in [0.15, 0.2) is 11.6 Å². The van der Waals surface area contributed by atoms with Gasteiger partial charge in [0.1, 0.15) is 18.4 Å². The first-order valence-corrected chi connectivity index (χ1v) is 7.08. The van der Waals surface area contributed by atoms with E-state index in [0.717, 1.165) is 0 Å². The van der Waals surface area contributed by atoms with Crippen molar-refractivity contribution in [2.24, 2.45) is 5.41 Å². The minimum Gasteiger partial charge on any atom is -0.292 e. The molecule has 1 aromatic heterocycles. The second-order valence-electron chi connectivity index (χ2n) is 5.82. The van der Waals surface area contributed by atoms with Crippen molar-refractivity contribution in [3.05, 3.63) is 53.6 Å². The molecule has 0 N–H and O–H groups in total. The lowest BCUT2D eigenvalue weighted by atomic mass is 9.88. The van der Waals surface area contributed by atoms with Crippen molar-refractivity contribution in [1.29, 1.82) is 0 Å². The molecule has 0 amide bonds. The largest absolute Gasteiger partial charge is 0.292 e. The van der Waals surface area contributed by atoms with Gasteiger partial charge in [-0.15, -0.1) is 0 Å². The molecule has 0 radical (unpaired) electrons. The van der Waals surface area contributed by atoms with Gasteiger partial charge < -0.3 is 0 Å². The molecule has 5 nitrogen and oxygen atoms in total. The van der Waals surface area contributed by atoms with Crippen LogP contribution in [0.1, 0.15) is 31.1 Å². The molecule has 0 saturated carbocycles. The van der Waals surface area contributed by atoms with Gasteiger partial charge in [0.25, 0.3) is 0 Å². The summed E-state index contributed by atoms with van der Waals surface area (Å²) >= 11 is 5.81. The molecule has 0 aliphatic heterocycles. The van der Waals surface area contributed by atoms with Crippen LogP contribution in [0, 0.1) is 5.41 Å². The van der Waals surface area contributed by atoms with E-state index in [1.807, 2.05) is 0 Å². The number of ketones is 2. The Bertz CT molecular complexity index is 711. The highest BCUT2D eigenvalue weighted by Gasteiger charge is 2.27. The van der Waals surface area contributed by atoms with Gasteiger partial charge in [-0.1, -0.05) is 32.4 Å². The first-order valence-electron chi connectivity index (χ1n) is 6.70. The maximum absolute atomic E-state index is 12.6. The summed E-state index contributed by atoms with van der Waals surface area (Å²) in [4.78, 5) is 28.7. The van der Waals surface area contributed by atoms with Gasteiger partial charge in [-0.25, -0.2) is 9.67 Å². The fourth-order valence-corrected chi connectivity index (χ4v) is 1.90. The molecule has 22 heavy (non-hydrogen) atoms. The highest BCUT2D eigenvalue weighted by Crippen LogP contribution is 2.23. The summed E-state index contributed by atoms with van der Waals surface area (Å²) in [5.74, 6) is -0.486. The van der Waals surface area contributed by atoms with Crippen LogP contribution in [0.4, 0.5) is 0 Å². The quantitative estimate of drug-likeness (QED) is 0.641. The van der Waals surface area contributed by atoms with Crippen molar-refractivity contribution in [2.75, 3.05) is 0 Å². The molecular weight excluding hydrogens is 302 g/mol. The number of aromatic nitrogens is 3. The van der Waals surface area contributed by atoms with Gasteiger partial charge in [0.05, 0.1) is 0 Å². The van der Waals surface area contributed by atoms with E-state index in [1.165, 1.54) is 23.4 Å². The molecule has 6 heteroatoms. The Morgan fingerprint density at radius 3 is 2.32 bits per heavy atom. The summed E-state index contributed by atoms with van der Waals surface area (Å²) in [5, 5.41) is 4.50. The van der Waals surface area contributed by atoms with Crippen molar-refractivity contribution in [2.45, 2.75) is 20.8 Å². The number of rotatable bonds is 4. The van der Waals surface area contributed by atoms with E-state index in [2.05, 4.69) is 10.1 Å². The zero-order valence-corrected chi connectivity index (χ0v) is 13.3. The van der Waals surface area contributed by atoms with E-state index in [9.17, 15) is 9.59 Å². The summed E-state index contributed by atoms with van der Waals surface area (Å²) in [6, 6.07) is 6.48. The monoisotopic (exact) mass is 317 g/mol. The predicted molar refractivity (Wildman–Crippen MR) is 84.5 cm³/mol. The summed E-state index contributed by atoms with van der Waals surface area (Å²) < 4.78 is 1.31. The minimum atomic E-state index is -0.641. The van der Waals surface area contributed by atoms with Gasteiger partial charge in [0.2, 0.25) is 0 Å². The van der Waals surface area contributed by atoms with Gasteiger partial charge in [-0.05, 0) is 24.3 Å². The first kappa shape index (κ1) is 16.1. The number of allylic oxidation sites excluding steroid dienone is 2. The van der Waals surface area contributed by atoms with Crippen LogP contribution < -0.4 is 0 Å². The number of carbonyl (C=O) groups excluding carboxylic acids is 2. The lowest BCUT2D eigenvalue weighted by molar-refractivity contribution is -0.120. The van der Waals surface area contributed by atoms with Crippen LogP contribution in [-0.2, 0) is 4.79 Å². The molecule has 2 aromatic rings. The van der Waals surface area contributed by atoms with Crippen LogP contribution >= 0.6 is 11.6 Å². The molecule has 1 heterocycles. The topological polar surface area (TPSA) is 64.8 Å². The third-order valence-electron chi connectivity index (χ3n) is 2.98. The van der Waals surface area contributed by atoms with Gasteiger partial charge in [-0.2, -0.15) is 5.10 Å². The third kappa shape index (κ3) is 3.68. The van der Waals surface area contributed by atoms with E-state index >= 15 is 0 Å². The van der Waals surface area contributed by atoms with Crippen molar-refractivity contribution in [1.82, 2.24) is 14.8 Å². The minimum absolute atomic E-state index is 0.185. The Labute approximate surface area is 133 Å². The fourth-order valence-electron chi connectivity index (χ4n) is 1.77. The number of hydrogen-bond donors (Lipinski definition) is 0. The highest BCUT2D eigenvalue weighted by atomic mass is 35.5. The maximum atomic E-state index is 12.6. The molecule has 0 atom stereocenters. The summed E-state index contributed by atoms with van der Waals surface area (Å²) in [6.07, 6.45) is 3.99. The molecule has 0 aliphatic carbocycles. The SMILES string of the molecule is CC(C)(C)C(=O)/C(=C/C(=O)c1ccc(Cl)cc1)n1cncn1. The Hall–Kier alpha value is -2.27. The first-order chi connectivity index (χ1) is 10.3. The van der Waals surface area contributed by atoms with Crippen molar-refractivity contribution >= 4 is 28.9 Å². The molecule has 0 unspecified atom stereocenters. The molecule has 0 bridgehead atoms. The average molecular weight is 318 g/mol. The Kier molecular flexibility index (Phi) is 4.56. The summed E-state index contributed by atoms with van der Waals surface area (Å²) in [5.41, 5.74) is -0.00778.